The van der Waals surface area contributed by atoms with Crippen molar-refractivity contribution in [1.82, 2.24) is 9.55 Å². The Balaban J connectivity index is 2.00. The molecule has 0 spiro atoms. The lowest BCUT2D eigenvalue weighted by Crippen LogP contribution is -2.39. The van der Waals surface area contributed by atoms with Gasteiger partial charge in [-0.1, -0.05) is 41.7 Å². The molecule has 1 aliphatic rings. The molecule has 1 aliphatic heterocycles. The number of esters is 1. The summed E-state index contributed by atoms with van der Waals surface area (Å²) in [5.74, 6) is -0.483. The average Bonchev–Trinajstić information content (AvgIpc) is 3.29. The van der Waals surface area contributed by atoms with E-state index in [0.717, 1.165) is 11.3 Å². The van der Waals surface area contributed by atoms with E-state index in [4.69, 9.17) is 4.74 Å². The van der Waals surface area contributed by atoms with E-state index in [1.807, 2.05) is 42.5 Å². The molecule has 0 amide bonds. The zero-order chi connectivity index (χ0) is 19.0. The number of thiazole rings is 1. The Hall–Kier alpha value is -3.19. The number of aromatic nitrogens is 2. The van der Waals surface area contributed by atoms with Crippen LogP contribution >= 0.6 is 11.3 Å². The molecular formula is C20H17N3O3S. The molecule has 0 radical (unpaired) electrons. The van der Waals surface area contributed by atoms with Gasteiger partial charge in [0.25, 0.3) is 5.56 Å². The van der Waals surface area contributed by atoms with Crippen LogP contribution in [0.4, 0.5) is 0 Å². The van der Waals surface area contributed by atoms with Crippen LogP contribution in [0.2, 0.25) is 0 Å². The Morgan fingerprint density at radius 2 is 2.04 bits per heavy atom. The fraction of sp³-hybridized carbons (Fsp3) is 0.150. The molecule has 1 unspecified atom stereocenters. The van der Waals surface area contributed by atoms with Gasteiger partial charge in [-0.25, -0.2) is 9.79 Å². The largest absolute Gasteiger partial charge is 0.466 e. The number of aromatic amines is 1. The van der Waals surface area contributed by atoms with Crippen molar-refractivity contribution >= 4 is 23.4 Å². The first-order chi connectivity index (χ1) is 13.1. The first-order valence-corrected chi connectivity index (χ1v) is 9.21. The fourth-order valence-corrected chi connectivity index (χ4v) is 4.26. The Morgan fingerprint density at radius 3 is 2.70 bits per heavy atom. The third kappa shape index (κ3) is 2.96. The van der Waals surface area contributed by atoms with Crippen molar-refractivity contribution in [3.05, 3.63) is 90.9 Å². The van der Waals surface area contributed by atoms with E-state index in [-0.39, 0.29) is 5.56 Å². The summed E-state index contributed by atoms with van der Waals surface area (Å²) >= 11 is 1.31. The van der Waals surface area contributed by atoms with Crippen molar-refractivity contribution in [1.29, 1.82) is 0 Å². The van der Waals surface area contributed by atoms with Gasteiger partial charge in [0.1, 0.15) is 0 Å². The first-order valence-electron chi connectivity index (χ1n) is 8.39. The normalized spacial score (nSPS) is 16.8. The summed E-state index contributed by atoms with van der Waals surface area (Å²) in [5, 5.41) is 0. The van der Waals surface area contributed by atoms with Crippen LogP contribution in [-0.4, -0.2) is 22.6 Å². The van der Waals surface area contributed by atoms with Gasteiger partial charge >= 0.3 is 5.97 Å². The number of allylic oxidation sites excluding steroid dienone is 1. The molecule has 1 atom stereocenters. The number of methoxy groups -OCH3 is 1. The van der Waals surface area contributed by atoms with Crippen LogP contribution in [0.1, 0.15) is 24.2 Å². The number of H-pyrrole nitrogens is 1. The summed E-state index contributed by atoms with van der Waals surface area (Å²) in [4.78, 5) is 33.8. The monoisotopic (exact) mass is 379 g/mol. The molecule has 4 rings (SSSR count). The summed E-state index contributed by atoms with van der Waals surface area (Å²) in [6, 6.07) is 12.6. The molecule has 7 heteroatoms. The first kappa shape index (κ1) is 17.2. The highest BCUT2D eigenvalue weighted by Gasteiger charge is 2.32. The van der Waals surface area contributed by atoms with E-state index < -0.39 is 12.0 Å². The Bertz CT molecular complexity index is 1200. The highest BCUT2D eigenvalue weighted by atomic mass is 32.1. The predicted molar refractivity (Wildman–Crippen MR) is 103 cm³/mol. The molecule has 136 valence electrons. The van der Waals surface area contributed by atoms with Crippen LogP contribution in [0.3, 0.4) is 0 Å². The number of carbonyl (C=O) groups is 1. The van der Waals surface area contributed by atoms with Crippen LogP contribution in [0, 0.1) is 0 Å². The number of nitrogens with zero attached hydrogens (tertiary/aromatic N) is 2. The van der Waals surface area contributed by atoms with Crippen LogP contribution in [0.15, 0.2) is 69.7 Å². The van der Waals surface area contributed by atoms with E-state index in [1.165, 1.54) is 18.4 Å². The van der Waals surface area contributed by atoms with Gasteiger partial charge in [0.15, 0.2) is 4.80 Å². The molecule has 0 saturated heterocycles. The molecule has 1 aromatic carbocycles. The van der Waals surface area contributed by atoms with Gasteiger partial charge in [0, 0.05) is 11.9 Å². The number of hydrogen-bond donors (Lipinski definition) is 1. The van der Waals surface area contributed by atoms with Gasteiger partial charge in [-0.3, -0.25) is 9.36 Å². The van der Waals surface area contributed by atoms with Gasteiger partial charge in [-0.2, -0.15) is 0 Å². The molecule has 0 aliphatic carbocycles. The van der Waals surface area contributed by atoms with E-state index in [0.29, 0.717) is 20.6 Å². The second kappa shape index (κ2) is 6.85. The lowest BCUT2D eigenvalue weighted by atomic mass is 9.96. The van der Waals surface area contributed by atoms with Crippen molar-refractivity contribution in [2.45, 2.75) is 13.0 Å². The minimum Gasteiger partial charge on any atom is -0.466 e. The van der Waals surface area contributed by atoms with Gasteiger partial charge in [-0.05, 0) is 30.7 Å². The van der Waals surface area contributed by atoms with Crippen molar-refractivity contribution in [3.8, 4) is 0 Å². The fourth-order valence-electron chi connectivity index (χ4n) is 3.22. The summed E-state index contributed by atoms with van der Waals surface area (Å²) in [7, 11) is 1.33. The highest BCUT2D eigenvalue weighted by Crippen LogP contribution is 2.30. The lowest BCUT2D eigenvalue weighted by molar-refractivity contribution is -0.136. The van der Waals surface area contributed by atoms with E-state index >= 15 is 0 Å². The summed E-state index contributed by atoms with van der Waals surface area (Å²) in [6.45, 7) is 1.77. The predicted octanol–water partition coefficient (Wildman–Crippen LogP) is 1.74. The van der Waals surface area contributed by atoms with Crippen molar-refractivity contribution < 1.29 is 9.53 Å². The third-order valence-corrected chi connectivity index (χ3v) is 5.43. The quantitative estimate of drug-likeness (QED) is 0.704. The molecule has 2 aromatic heterocycles. The van der Waals surface area contributed by atoms with Gasteiger partial charge in [-0.15, -0.1) is 0 Å². The molecule has 0 saturated carbocycles. The van der Waals surface area contributed by atoms with Gasteiger partial charge in [0.05, 0.1) is 29.0 Å². The molecular weight excluding hydrogens is 362 g/mol. The Labute approximate surface area is 158 Å². The second-order valence-electron chi connectivity index (χ2n) is 6.11. The molecule has 0 fully saturated rings. The minimum atomic E-state index is -0.569. The maximum absolute atomic E-state index is 13.2. The number of benzene rings is 1. The number of carbonyl (C=O) groups excluding carboxylic acids is 1. The summed E-state index contributed by atoms with van der Waals surface area (Å²) < 4.78 is 7.11. The lowest BCUT2D eigenvalue weighted by Gasteiger charge is -2.24. The molecule has 27 heavy (non-hydrogen) atoms. The van der Waals surface area contributed by atoms with Crippen LogP contribution in [0.25, 0.3) is 6.08 Å². The number of ether oxygens (including phenoxy) is 1. The van der Waals surface area contributed by atoms with Gasteiger partial charge in [0.2, 0.25) is 0 Å². The highest BCUT2D eigenvalue weighted by molar-refractivity contribution is 7.07. The Kier molecular flexibility index (Phi) is 4.37. The number of fused-ring (bicyclic) bond motifs is 1. The van der Waals surface area contributed by atoms with E-state index in [2.05, 4.69) is 9.98 Å². The Morgan fingerprint density at radius 1 is 1.26 bits per heavy atom. The van der Waals surface area contributed by atoms with Crippen LogP contribution in [0.5, 0.6) is 0 Å². The smallest absolute Gasteiger partial charge is 0.338 e. The minimum absolute atomic E-state index is 0.184. The van der Waals surface area contributed by atoms with Crippen molar-refractivity contribution in [2.75, 3.05) is 7.11 Å². The molecule has 6 nitrogen and oxygen atoms in total. The van der Waals surface area contributed by atoms with Crippen LogP contribution in [-0.2, 0) is 9.53 Å². The average molecular weight is 379 g/mol. The van der Waals surface area contributed by atoms with E-state index in [1.54, 1.807) is 23.8 Å². The maximum Gasteiger partial charge on any atom is 0.338 e. The van der Waals surface area contributed by atoms with Crippen molar-refractivity contribution in [3.63, 3.8) is 0 Å². The second-order valence-corrected chi connectivity index (χ2v) is 7.12. The molecule has 0 bridgehead atoms. The SMILES string of the molecule is COC(=O)C1=C(C)N=c2s/c(=C/c3ccc[nH]3)c(=O)n2C1c1ccccc1. The number of rotatable bonds is 3. The summed E-state index contributed by atoms with van der Waals surface area (Å²) in [5.41, 5.74) is 2.42. The molecule has 3 heterocycles. The van der Waals surface area contributed by atoms with Crippen LogP contribution < -0.4 is 14.9 Å². The van der Waals surface area contributed by atoms with Crippen molar-refractivity contribution in [2.24, 2.45) is 4.99 Å². The number of nitrogens with one attached hydrogen (secondary N) is 1. The number of hydrogen-bond acceptors (Lipinski definition) is 5. The standard InChI is InChI=1S/C20H17N3O3S/c1-12-16(19(25)26-2)17(13-7-4-3-5-8-13)23-18(24)15(27-20(23)22-12)11-14-9-6-10-21-14/h3-11,17,21H,1-2H3/b15-11+. The molecule has 1 N–H and O–H groups in total. The van der Waals surface area contributed by atoms with Gasteiger partial charge < -0.3 is 9.72 Å². The summed E-state index contributed by atoms with van der Waals surface area (Å²) in [6.07, 6.45) is 3.60. The zero-order valence-corrected chi connectivity index (χ0v) is 15.6. The van der Waals surface area contributed by atoms with E-state index in [9.17, 15) is 9.59 Å². The maximum atomic E-state index is 13.2. The topological polar surface area (TPSA) is 76.4 Å². The zero-order valence-electron chi connectivity index (χ0n) is 14.8. The third-order valence-electron chi connectivity index (χ3n) is 4.45. The molecule has 3 aromatic rings.